The predicted molar refractivity (Wildman–Crippen MR) is 72.0 cm³/mol. The second kappa shape index (κ2) is 6.99. The first-order valence-electron chi connectivity index (χ1n) is 6.68. The second-order valence-electron chi connectivity index (χ2n) is 4.32. The third kappa shape index (κ3) is 3.72. The molecule has 4 nitrogen and oxygen atoms in total. The Morgan fingerprint density at radius 3 is 2.06 bits per heavy atom. The van der Waals surface area contributed by atoms with Crippen molar-refractivity contribution in [1.29, 1.82) is 0 Å². The van der Waals surface area contributed by atoms with Crippen LogP contribution in [0.5, 0.6) is 0 Å². The smallest absolute Gasteiger partial charge is 0.237 e. The molecule has 0 saturated carbocycles. The molecule has 0 aliphatic carbocycles. The van der Waals surface area contributed by atoms with Gasteiger partial charge in [0, 0.05) is 6.92 Å². The third-order valence-electron chi connectivity index (χ3n) is 3.21. The minimum Gasteiger partial charge on any atom is -0.237 e. The van der Waals surface area contributed by atoms with Crippen molar-refractivity contribution in [2.24, 2.45) is 7.05 Å². The average molecular weight is 250 g/mol. The zero-order chi connectivity index (χ0) is 13.5. The summed E-state index contributed by atoms with van der Waals surface area (Å²) in [6, 6.07) is 0. The van der Waals surface area contributed by atoms with Gasteiger partial charge in [0.2, 0.25) is 6.33 Å². The van der Waals surface area contributed by atoms with Gasteiger partial charge in [-0.25, -0.2) is 18.3 Å². The Bertz CT molecular complexity index is 449. The highest BCUT2D eigenvalue weighted by atomic mass is 15.1. The summed E-state index contributed by atoms with van der Waals surface area (Å²) in [5.74, 6) is 1.30. The van der Waals surface area contributed by atoms with Crippen LogP contribution < -0.4 is 9.13 Å². The standard InChI is InChI=1S/2C7H13N2/c1-4-9-6-5-8(3)7(9)2;1-3-8-5-6-9(4-2)7-8/h5-6H,4H2,1-3H3;5-7H,3-4H2,1-2H3/q2*+1. The topological polar surface area (TPSA) is 17.6 Å². The molecule has 0 aromatic carbocycles. The van der Waals surface area contributed by atoms with E-state index in [1.54, 1.807) is 0 Å². The molecule has 2 aromatic heterocycles. The van der Waals surface area contributed by atoms with Crippen LogP contribution in [0.2, 0.25) is 0 Å². The van der Waals surface area contributed by atoms with Crippen LogP contribution in [-0.4, -0.2) is 9.13 Å². The van der Waals surface area contributed by atoms with Crippen LogP contribution in [0.25, 0.3) is 0 Å². The predicted octanol–water partition coefficient (Wildman–Crippen LogP) is 1.46. The Morgan fingerprint density at radius 2 is 1.78 bits per heavy atom. The van der Waals surface area contributed by atoms with E-state index < -0.39 is 0 Å². The monoisotopic (exact) mass is 250 g/mol. The number of nitrogens with zero attached hydrogens (tertiary/aromatic N) is 4. The van der Waals surface area contributed by atoms with Gasteiger partial charge in [0.15, 0.2) is 0 Å². The van der Waals surface area contributed by atoms with Crippen molar-refractivity contribution in [3.8, 4) is 0 Å². The molecule has 0 amide bonds. The summed E-state index contributed by atoms with van der Waals surface area (Å²) in [7, 11) is 2.06. The highest BCUT2D eigenvalue weighted by Gasteiger charge is 2.04. The molecular weight excluding hydrogens is 224 g/mol. The normalized spacial score (nSPS) is 10.1. The molecule has 0 saturated heterocycles. The molecule has 2 heterocycles. The number of hydrogen-bond donors (Lipinski definition) is 0. The largest absolute Gasteiger partial charge is 0.252 e. The Balaban J connectivity index is 0.000000180. The van der Waals surface area contributed by atoms with E-state index in [2.05, 4.69) is 84.1 Å². The van der Waals surface area contributed by atoms with Gasteiger partial charge < -0.3 is 0 Å². The first-order valence-corrected chi connectivity index (χ1v) is 6.68. The molecule has 0 spiro atoms. The molecule has 2 aromatic rings. The fourth-order valence-corrected chi connectivity index (χ4v) is 1.75. The number of hydrogen-bond acceptors (Lipinski definition) is 0. The van der Waals surface area contributed by atoms with Crippen molar-refractivity contribution < 1.29 is 9.13 Å². The maximum absolute atomic E-state index is 2.21. The van der Waals surface area contributed by atoms with E-state index in [1.165, 1.54) is 5.82 Å². The molecule has 0 atom stereocenters. The van der Waals surface area contributed by atoms with Crippen molar-refractivity contribution in [3.63, 3.8) is 0 Å². The van der Waals surface area contributed by atoms with Crippen molar-refractivity contribution in [2.75, 3.05) is 0 Å². The zero-order valence-electron chi connectivity index (χ0n) is 12.3. The summed E-state index contributed by atoms with van der Waals surface area (Å²) in [6.45, 7) is 11.7. The lowest BCUT2D eigenvalue weighted by molar-refractivity contribution is -0.693. The minimum atomic E-state index is 1.06. The number of imidazole rings is 2. The van der Waals surface area contributed by atoms with E-state index in [1.807, 2.05) is 0 Å². The molecule has 0 N–H and O–H groups in total. The van der Waals surface area contributed by atoms with Crippen LogP contribution in [-0.2, 0) is 26.7 Å². The number of rotatable bonds is 3. The van der Waals surface area contributed by atoms with Gasteiger partial charge >= 0.3 is 0 Å². The van der Waals surface area contributed by atoms with Gasteiger partial charge in [0.05, 0.1) is 26.7 Å². The van der Waals surface area contributed by atoms with E-state index in [0.717, 1.165) is 19.6 Å². The van der Waals surface area contributed by atoms with Crippen LogP contribution in [0.1, 0.15) is 26.6 Å². The van der Waals surface area contributed by atoms with E-state index in [9.17, 15) is 0 Å². The minimum absolute atomic E-state index is 1.06. The van der Waals surface area contributed by atoms with Crippen LogP contribution in [0.15, 0.2) is 31.1 Å². The first kappa shape index (κ1) is 14.5. The lowest BCUT2D eigenvalue weighted by Crippen LogP contribution is -2.29. The highest BCUT2D eigenvalue weighted by Crippen LogP contribution is 1.89. The van der Waals surface area contributed by atoms with Crippen molar-refractivity contribution >= 4 is 0 Å². The van der Waals surface area contributed by atoms with Gasteiger partial charge in [0.1, 0.15) is 24.8 Å². The van der Waals surface area contributed by atoms with E-state index in [0.29, 0.717) is 0 Å². The Hall–Kier alpha value is -1.58. The second-order valence-corrected chi connectivity index (χ2v) is 4.32. The molecule has 0 bridgehead atoms. The summed E-state index contributed by atoms with van der Waals surface area (Å²) in [4.78, 5) is 0. The van der Waals surface area contributed by atoms with Crippen LogP contribution in [0, 0.1) is 6.92 Å². The van der Waals surface area contributed by atoms with Gasteiger partial charge in [-0.05, 0) is 20.8 Å². The molecule has 0 radical (unpaired) electrons. The van der Waals surface area contributed by atoms with E-state index in [4.69, 9.17) is 0 Å². The van der Waals surface area contributed by atoms with Gasteiger partial charge in [0.25, 0.3) is 5.82 Å². The maximum Gasteiger partial charge on any atom is 0.252 e. The number of aromatic nitrogens is 4. The van der Waals surface area contributed by atoms with Crippen molar-refractivity contribution in [1.82, 2.24) is 9.13 Å². The van der Waals surface area contributed by atoms with Crippen molar-refractivity contribution in [3.05, 3.63) is 36.9 Å². The molecule has 0 fully saturated rings. The van der Waals surface area contributed by atoms with Gasteiger partial charge in [-0.2, -0.15) is 0 Å². The fraction of sp³-hybridized carbons (Fsp3) is 0.571. The molecule has 100 valence electrons. The van der Waals surface area contributed by atoms with Gasteiger partial charge in [-0.3, -0.25) is 0 Å². The SMILES string of the molecule is CCn1cc[n+](C)c1C.CCn1cc[n+](CC)c1. The highest BCUT2D eigenvalue weighted by molar-refractivity contribution is 4.77. The molecule has 0 unspecified atom stereocenters. The summed E-state index contributed by atoms with van der Waals surface area (Å²) in [5, 5.41) is 0. The molecular formula is C14H26N4+2. The third-order valence-corrected chi connectivity index (χ3v) is 3.21. The maximum atomic E-state index is 2.21. The summed E-state index contributed by atoms with van der Waals surface area (Å²) >= 11 is 0. The summed E-state index contributed by atoms with van der Waals surface area (Å²) < 4.78 is 8.64. The number of aryl methyl sites for hydroxylation is 4. The summed E-state index contributed by atoms with van der Waals surface area (Å²) in [5.41, 5.74) is 0. The van der Waals surface area contributed by atoms with E-state index in [-0.39, 0.29) is 0 Å². The molecule has 0 aliphatic rings. The molecule has 0 aliphatic heterocycles. The molecule has 18 heavy (non-hydrogen) atoms. The Kier molecular flexibility index (Phi) is 5.62. The van der Waals surface area contributed by atoms with Gasteiger partial charge in [-0.1, -0.05) is 0 Å². The van der Waals surface area contributed by atoms with Crippen molar-refractivity contribution in [2.45, 2.75) is 47.3 Å². The fourth-order valence-electron chi connectivity index (χ4n) is 1.75. The molecule has 2 rings (SSSR count). The lowest BCUT2D eigenvalue weighted by atomic mass is 10.6. The Morgan fingerprint density at radius 1 is 1.06 bits per heavy atom. The van der Waals surface area contributed by atoms with Gasteiger partial charge in [-0.15, -0.1) is 0 Å². The summed E-state index contributed by atoms with van der Waals surface area (Å²) in [6.07, 6.45) is 10.4. The van der Waals surface area contributed by atoms with Crippen LogP contribution in [0.4, 0.5) is 0 Å². The van der Waals surface area contributed by atoms with Crippen LogP contribution in [0.3, 0.4) is 0 Å². The quantitative estimate of drug-likeness (QED) is 0.734. The van der Waals surface area contributed by atoms with E-state index >= 15 is 0 Å². The first-order chi connectivity index (χ1) is 8.62. The van der Waals surface area contributed by atoms with Crippen LogP contribution >= 0.6 is 0 Å². The lowest BCUT2D eigenvalue weighted by Gasteiger charge is -1.90. The molecule has 4 heteroatoms. The zero-order valence-corrected chi connectivity index (χ0v) is 12.3. The Labute approximate surface area is 110 Å². The average Bonchev–Trinajstić information content (AvgIpc) is 2.98.